The molecule has 1 amide bonds. The van der Waals surface area contributed by atoms with E-state index in [4.69, 9.17) is 9.26 Å². The molecule has 1 spiro atoms. The van der Waals surface area contributed by atoms with E-state index < -0.39 is 0 Å². The Morgan fingerprint density at radius 2 is 2.04 bits per heavy atom. The van der Waals surface area contributed by atoms with Crippen LogP contribution in [0.4, 0.5) is 0 Å². The van der Waals surface area contributed by atoms with Crippen LogP contribution in [0.1, 0.15) is 53.9 Å². The van der Waals surface area contributed by atoms with Gasteiger partial charge in [-0.15, -0.1) is 0 Å². The Morgan fingerprint density at radius 3 is 2.76 bits per heavy atom. The molecule has 138 valence electrons. The second-order valence-corrected chi connectivity index (χ2v) is 8.10. The molecule has 1 aromatic heterocycles. The van der Waals surface area contributed by atoms with E-state index in [1.165, 1.54) is 25.9 Å². The van der Waals surface area contributed by atoms with Crippen molar-refractivity contribution < 1.29 is 14.1 Å². The van der Waals surface area contributed by atoms with Crippen molar-refractivity contribution in [3.05, 3.63) is 17.0 Å². The van der Waals surface area contributed by atoms with E-state index >= 15 is 0 Å². The number of piperidine rings is 1. The van der Waals surface area contributed by atoms with E-state index in [-0.39, 0.29) is 11.5 Å². The molecule has 0 N–H and O–H groups in total. The van der Waals surface area contributed by atoms with E-state index in [0.717, 1.165) is 39.0 Å². The van der Waals surface area contributed by atoms with E-state index in [9.17, 15) is 4.79 Å². The first-order valence-electron chi connectivity index (χ1n) is 9.65. The minimum absolute atomic E-state index is 0.0434. The maximum Gasteiger partial charge on any atom is 0.259 e. The monoisotopic (exact) mass is 347 g/mol. The molecule has 25 heavy (non-hydrogen) atoms. The molecule has 4 rings (SSSR count). The molecule has 0 aliphatic carbocycles. The normalized spacial score (nSPS) is 30.5. The third kappa shape index (κ3) is 3.34. The van der Waals surface area contributed by atoms with Gasteiger partial charge >= 0.3 is 0 Å². The lowest BCUT2D eigenvalue weighted by atomic mass is 9.86. The number of carbonyl (C=O) groups excluding carboxylic acids is 1. The lowest BCUT2D eigenvalue weighted by molar-refractivity contribution is -0.0451. The van der Waals surface area contributed by atoms with Gasteiger partial charge < -0.3 is 19.1 Å². The fourth-order valence-electron chi connectivity index (χ4n) is 4.89. The number of amides is 1. The van der Waals surface area contributed by atoms with Crippen LogP contribution in [0, 0.1) is 19.8 Å². The predicted octanol–water partition coefficient (Wildman–Crippen LogP) is 2.40. The first-order chi connectivity index (χ1) is 12.1. The number of hydrogen-bond donors (Lipinski definition) is 0. The molecule has 3 aliphatic rings. The van der Waals surface area contributed by atoms with Gasteiger partial charge in [0.25, 0.3) is 5.91 Å². The smallest absolute Gasteiger partial charge is 0.259 e. The molecule has 6 nitrogen and oxygen atoms in total. The number of aryl methyl sites for hydroxylation is 2. The van der Waals surface area contributed by atoms with Gasteiger partial charge in [0.1, 0.15) is 11.3 Å². The molecule has 3 aliphatic heterocycles. The van der Waals surface area contributed by atoms with E-state index in [1.54, 1.807) is 0 Å². The quantitative estimate of drug-likeness (QED) is 0.840. The fraction of sp³-hybridized carbons (Fsp3) is 0.789. The molecule has 0 aromatic carbocycles. The summed E-state index contributed by atoms with van der Waals surface area (Å²) in [6.45, 7) is 9.60. The number of aromatic nitrogens is 1. The van der Waals surface area contributed by atoms with E-state index in [1.807, 2.05) is 18.7 Å². The largest absolute Gasteiger partial charge is 0.373 e. The van der Waals surface area contributed by atoms with Crippen LogP contribution in [0.15, 0.2) is 4.52 Å². The summed E-state index contributed by atoms with van der Waals surface area (Å²) in [5.74, 6) is 1.26. The summed E-state index contributed by atoms with van der Waals surface area (Å²) in [5.41, 5.74) is 1.17. The fourth-order valence-corrected chi connectivity index (χ4v) is 4.89. The molecule has 3 saturated heterocycles. The van der Waals surface area contributed by atoms with Crippen LogP contribution in [0.2, 0.25) is 0 Å². The van der Waals surface area contributed by atoms with Crippen LogP contribution in [-0.2, 0) is 4.74 Å². The molecule has 6 heteroatoms. The summed E-state index contributed by atoms with van der Waals surface area (Å²) in [4.78, 5) is 17.5. The van der Waals surface area contributed by atoms with Gasteiger partial charge in [-0.05, 0) is 65.0 Å². The summed E-state index contributed by atoms with van der Waals surface area (Å²) in [6, 6.07) is 0. The van der Waals surface area contributed by atoms with Gasteiger partial charge in [0.2, 0.25) is 0 Å². The maximum atomic E-state index is 13.0. The molecule has 0 unspecified atom stereocenters. The molecular formula is C19H29N3O3. The van der Waals surface area contributed by atoms with Gasteiger partial charge in [0.15, 0.2) is 0 Å². The molecular weight excluding hydrogens is 318 g/mol. The van der Waals surface area contributed by atoms with Crippen LogP contribution >= 0.6 is 0 Å². The molecule has 3 fully saturated rings. The molecule has 2 atom stereocenters. The van der Waals surface area contributed by atoms with Crippen molar-refractivity contribution in [3.8, 4) is 0 Å². The van der Waals surface area contributed by atoms with Crippen molar-refractivity contribution >= 4 is 5.91 Å². The van der Waals surface area contributed by atoms with Gasteiger partial charge in [-0.3, -0.25) is 4.79 Å². The van der Waals surface area contributed by atoms with Crippen LogP contribution < -0.4 is 0 Å². The minimum Gasteiger partial charge on any atom is -0.373 e. The van der Waals surface area contributed by atoms with Crippen LogP contribution in [0.5, 0.6) is 0 Å². The highest BCUT2D eigenvalue weighted by molar-refractivity contribution is 5.96. The molecule has 0 bridgehead atoms. The summed E-state index contributed by atoms with van der Waals surface area (Å²) < 4.78 is 11.5. The van der Waals surface area contributed by atoms with Gasteiger partial charge in [-0.1, -0.05) is 5.16 Å². The van der Waals surface area contributed by atoms with Crippen molar-refractivity contribution in [2.75, 3.05) is 39.3 Å². The lowest BCUT2D eigenvalue weighted by Crippen LogP contribution is -2.50. The third-order valence-electron chi connectivity index (χ3n) is 6.07. The first-order valence-corrected chi connectivity index (χ1v) is 9.65. The third-order valence-corrected chi connectivity index (χ3v) is 6.07. The summed E-state index contributed by atoms with van der Waals surface area (Å²) >= 11 is 0. The zero-order valence-corrected chi connectivity index (χ0v) is 15.4. The Morgan fingerprint density at radius 1 is 1.24 bits per heavy atom. The Balaban J connectivity index is 1.41. The topological polar surface area (TPSA) is 58.8 Å². The van der Waals surface area contributed by atoms with Crippen LogP contribution in [-0.4, -0.2) is 65.8 Å². The van der Waals surface area contributed by atoms with E-state index in [0.29, 0.717) is 29.5 Å². The zero-order chi connectivity index (χ0) is 17.4. The SMILES string of the molecule is Cc1noc(C)c1C(=O)N1CCC[C@@]2(C[C@@H](CN3CCCC3)CO2)C1. The first kappa shape index (κ1) is 17.0. The molecule has 0 radical (unpaired) electrons. The standard InChI is InChI=1S/C19H29N3O3/c1-14-17(15(2)25-20-14)18(23)22-9-5-6-19(13-22)10-16(12-24-19)11-21-7-3-4-8-21/h16H,3-13H2,1-2H3/t16-,19+/m0/s1. The Labute approximate surface area is 149 Å². The van der Waals surface area contributed by atoms with Gasteiger partial charge in [-0.2, -0.15) is 0 Å². The Kier molecular flexibility index (Phi) is 4.58. The Hall–Kier alpha value is -1.40. The Bertz CT molecular complexity index is 618. The van der Waals surface area contributed by atoms with Gasteiger partial charge in [-0.25, -0.2) is 0 Å². The summed E-state index contributed by atoms with van der Waals surface area (Å²) in [5, 5.41) is 3.93. The highest BCUT2D eigenvalue weighted by Gasteiger charge is 2.45. The van der Waals surface area contributed by atoms with Crippen LogP contribution in [0.3, 0.4) is 0 Å². The zero-order valence-electron chi connectivity index (χ0n) is 15.4. The maximum absolute atomic E-state index is 13.0. The predicted molar refractivity (Wildman–Crippen MR) is 93.6 cm³/mol. The highest BCUT2D eigenvalue weighted by Crippen LogP contribution is 2.38. The molecule has 1 aromatic rings. The van der Waals surface area contributed by atoms with Crippen LogP contribution in [0.25, 0.3) is 0 Å². The van der Waals surface area contributed by atoms with Crippen molar-refractivity contribution in [3.63, 3.8) is 0 Å². The van der Waals surface area contributed by atoms with Crippen molar-refractivity contribution in [2.45, 2.75) is 51.6 Å². The highest BCUT2D eigenvalue weighted by atomic mass is 16.5. The van der Waals surface area contributed by atoms with E-state index in [2.05, 4.69) is 10.1 Å². The van der Waals surface area contributed by atoms with Crippen molar-refractivity contribution in [2.24, 2.45) is 5.92 Å². The molecule has 0 saturated carbocycles. The number of ether oxygens (including phenoxy) is 1. The number of nitrogens with zero attached hydrogens (tertiary/aromatic N) is 3. The van der Waals surface area contributed by atoms with Gasteiger partial charge in [0, 0.05) is 19.6 Å². The van der Waals surface area contributed by atoms with Crippen molar-refractivity contribution in [1.29, 1.82) is 0 Å². The number of hydrogen-bond acceptors (Lipinski definition) is 5. The molecule has 4 heterocycles. The number of carbonyl (C=O) groups is 1. The average Bonchev–Trinajstić information content (AvgIpc) is 3.31. The van der Waals surface area contributed by atoms with Gasteiger partial charge in [0.05, 0.1) is 17.9 Å². The average molecular weight is 347 g/mol. The second-order valence-electron chi connectivity index (χ2n) is 8.10. The minimum atomic E-state index is -0.142. The summed E-state index contributed by atoms with van der Waals surface area (Å²) in [6.07, 6.45) is 5.81. The summed E-state index contributed by atoms with van der Waals surface area (Å²) in [7, 11) is 0. The van der Waals surface area contributed by atoms with Crippen molar-refractivity contribution in [1.82, 2.24) is 15.0 Å². The number of rotatable bonds is 3. The number of likely N-dealkylation sites (tertiary alicyclic amines) is 2. The lowest BCUT2D eigenvalue weighted by Gasteiger charge is -2.40. The second kappa shape index (κ2) is 6.72.